The molecule has 3 aromatic carbocycles. The number of alkyl halides is 9. The van der Waals surface area contributed by atoms with Gasteiger partial charge >= 0.3 is 18.5 Å². The van der Waals surface area contributed by atoms with Gasteiger partial charge in [-0.25, -0.2) is 0 Å². The number of rotatable bonds is 3. The Bertz CT molecular complexity index is 1050. The van der Waals surface area contributed by atoms with Crippen molar-refractivity contribution in [2.75, 3.05) is 0 Å². The Morgan fingerprint density at radius 3 is 1.00 bits per heavy atom. The second-order valence-electron chi connectivity index (χ2n) is 7.14. The third kappa shape index (κ3) is 4.44. The van der Waals surface area contributed by atoms with Crippen LogP contribution in [0.3, 0.4) is 0 Å². The molecule has 0 amide bonds. The van der Waals surface area contributed by atoms with Gasteiger partial charge in [0.2, 0.25) is 0 Å². The smallest absolute Gasteiger partial charge is 0.416 e. The van der Waals surface area contributed by atoms with E-state index in [4.69, 9.17) is 0 Å². The minimum absolute atomic E-state index is 0.0163. The first-order valence-electron chi connectivity index (χ1n) is 9.02. The summed E-state index contributed by atoms with van der Waals surface area (Å²) in [6, 6.07) is 6.09. The van der Waals surface area contributed by atoms with E-state index in [0.717, 1.165) is 48.5 Å². The minimum atomic E-state index is -5.45. The van der Waals surface area contributed by atoms with Crippen LogP contribution in [-0.4, -0.2) is 16.4 Å². The molecule has 0 saturated carbocycles. The Morgan fingerprint density at radius 2 is 0.727 bits per heavy atom. The molecule has 11 heteroatoms. The summed E-state index contributed by atoms with van der Waals surface area (Å²) in [5.41, 5.74) is -10.2. The van der Waals surface area contributed by atoms with Crippen molar-refractivity contribution in [1.29, 1.82) is 0 Å². The van der Waals surface area contributed by atoms with Crippen molar-refractivity contribution < 1.29 is 49.7 Å². The topological polar surface area (TPSA) is 40.5 Å². The van der Waals surface area contributed by atoms with Crippen LogP contribution in [0.5, 0.6) is 11.5 Å². The zero-order valence-corrected chi connectivity index (χ0v) is 16.1. The van der Waals surface area contributed by atoms with E-state index in [0.29, 0.717) is 0 Å². The largest absolute Gasteiger partial charge is 0.508 e. The zero-order chi connectivity index (χ0) is 24.8. The summed E-state index contributed by atoms with van der Waals surface area (Å²) in [6.07, 6.45) is -16.2. The molecular weight excluding hydrogens is 467 g/mol. The molecular formula is C22H13F9O2. The molecule has 0 bridgehead atoms. The molecule has 2 nitrogen and oxygen atoms in total. The fourth-order valence-electron chi connectivity index (χ4n) is 3.59. The molecule has 0 aliphatic rings. The maximum Gasteiger partial charge on any atom is 0.416 e. The number of hydrogen-bond acceptors (Lipinski definition) is 2. The van der Waals surface area contributed by atoms with E-state index in [9.17, 15) is 49.7 Å². The van der Waals surface area contributed by atoms with Crippen LogP contribution in [0.15, 0.2) is 66.7 Å². The number of phenols is 2. The first kappa shape index (κ1) is 24.3. The van der Waals surface area contributed by atoms with Gasteiger partial charge in [0.25, 0.3) is 0 Å². The molecule has 0 atom stereocenters. The van der Waals surface area contributed by atoms with Gasteiger partial charge < -0.3 is 10.2 Å². The van der Waals surface area contributed by atoms with E-state index in [2.05, 4.69) is 0 Å². The molecule has 0 aliphatic carbocycles. The van der Waals surface area contributed by atoms with Crippen LogP contribution in [0.2, 0.25) is 0 Å². The van der Waals surface area contributed by atoms with Crippen LogP contribution >= 0.6 is 0 Å². The summed E-state index contributed by atoms with van der Waals surface area (Å²) in [5.74, 6) is -0.943. The molecule has 0 radical (unpaired) electrons. The second kappa shape index (κ2) is 7.89. The van der Waals surface area contributed by atoms with E-state index in [1.165, 1.54) is 0 Å². The second-order valence-corrected chi connectivity index (χ2v) is 7.14. The molecule has 0 aromatic heterocycles. The van der Waals surface area contributed by atoms with Crippen molar-refractivity contribution in [2.24, 2.45) is 0 Å². The van der Waals surface area contributed by atoms with Gasteiger partial charge in [-0.05, 0) is 59.2 Å². The first-order chi connectivity index (χ1) is 15.1. The van der Waals surface area contributed by atoms with Gasteiger partial charge in [0.15, 0.2) is 0 Å². The summed E-state index contributed by atoms with van der Waals surface area (Å²) in [4.78, 5) is 0. The monoisotopic (exact) mass is 480 g/mol. The highest BCUT2D eigenvalue weighted by molar-refractivity contribution is 5.56. The predicted molar refractivity (Wildman–Crippen MR) is 98.6 cm³/mol. The lowest BCUT2D eigenvalue weighted by molar-refractivity contribution is -0.167. The van der Waals surface area contributed by atoms with Crippen LogP contribution in [0, 0.1) is 0 Å². The summed E-state index contributed by atoms with van der Waals surface area (Å²) in [5, 5.41) is 19.0. The molecule has 176 valence electrons. The van der Waals surface area contributed by atoms with Crippen molar-refractivity contribution in [3.63, 3.8) is 0 Å². The van der Waals surface area contributed by atoms with Crippen molar-refractivity contribution >= 4 is 0 Å². The van der Waals surface area contributed by atoms with Crippen LogP contribution in [0.1, 0.15) is 27.8 Å². The van der Waals surface area contributed by atoms with Crippen LogP contribution in [0.4, 0.5) is 39.5 Å². The molecule has 0 heterocycles. The summed E-state index contributed by atoms with van der Waals surface area (Å²) < 4.78 is 125. The number of phenolic OH excluding ortho intramolecular Hbond substituents is 2. The minimum Gasteiger partial charge on any atom is -0.508 e. The molecule has 0 saturated heterocycles. The van der Waals surface area contributed by atoms with E-state index in [1.807, 2.05) is 0 Å². The quantitative estimate of drug-likeness (QED) is 0.312. The Hall–Kier alpha value is -3.37. The third-order valence-electron chi connectivity index (χ3n) is 5.05. The molecule has 0 fully saturated rings. The van der Waals surface area contributed by atoms with E-state index < -0.39 is 63.3 Å². The van der Waals surface area contributed by atoms with Gasteiger partial charge in [-0.15, -0.1) is 0 Å². The average Bonchev–Trinajstić information content (AvgIpc) is 2.68. The lowest BCUT2D eigenvalue weighted by atomic mass is 9.68. The summed E-state index contributed by atoms with van der Waals surface area (Å²) in [7, 11) is 0. The van der Waals surface area contributed by atoms with Gasteiger partial charge in [0, 0.05) is 0 Å². The normalized spacial score (nSPS) is 13.2. The number of benzene rings is 3. The summed E-state index contributed by atoms with van der Waals surface area (Å²) >= 11 is 0. The number of aromatic hydroxyl groups is 2. The van der Waals surface area contributed by atoms with E-state index in [1.54, 1.807) is 0 Å². The highest BCUT2D eigenvalue weighted by Crippen LogP contribution is 2.53. The average molecular weight is 480 g/mol. The molecule has 0 aliphatic heterocycles. The Morgan fingerprint density at radius 1 is 0.424 bits per heavy atom. The van der Waals surface area contributed by atoms with Gasteiger partial charge in [-0.1, -0.05) is 24.3 Å². The van der Waals surface area contributed by atoms with Gasteiger partial charge in [0.1, 0.15) is 16.9 Å². The molecule has 0 unspecified atom stereocenters. The van der Waals surface area contributed by atoms with Gasteiger partial charge in [-0.3, -0.25) is 0 Å². The first-order valence-corrected chi connectivity index (χ1v) is 9.02. The van der Waals surface area contributed by atoms with Crippen LogP contribution in [-0.2, 0) is 17.8 Å². The van der Waals surface area contributed by atoms with Crippen molar-refractivity contribution in [3.05, 3.63) is 94.5 Å². The maximum atomic E-state index is 14.8. The standard InChI is InChI=1S/C22H13F9O2/c23-20(24,25)15-9-14(10-16(11-15)21(26,27)28)19(22(29,30)31,12-1-5-17(32)6-2-12)13-3-7-18(33)8-4-13/h1-11,32-33H. The van der Waals surface area contributed by atoms with Crippen molar-refractivity contribution in [3.8, 4) is 11.5 Å². The Balaban J connectivity index is 2.54. The fourth-order valence-corrected chi connectivity index (χ4v) is 3.59. The van der Waals surface area contributed by atoms with Crippen LogP contribution in [0.25, 0.3) is 0 Å². The Kier molecular flexibility index (Phi) is 5.80. The molecule has 3 rings (SSSR count). The zero-order valence-electron chi connectivity index (χ0n) is 16.1. The maximum absolute atomic E-state index is 14.8. The van der Waals surface area contributed by atoms with Crippen molar-refractivity contribution in [1.82, 2.24) is 0 Å². The third-order valence-corrected chi connectivity index (χ3v) is 5.05. The van der Waals surface area contributed by atoms with Gasteiger partial charge in [0.05, 0.1) is 11.1 Å². The lowest BCUT2D eigenvalue weighted by Gasteiger charge is -2.38. The highest BCUT2D eigenvalue weighted by atomic mass is 19.4. The fraction of sp³-hybridized carbons (Fsp3) is 0.182. The van der Waals surface area contributed by atoms with Crippen molar-refractivity contribution in [2.45, 2.75) is 23.9 Å². The molecule has 3 aromatic rings. The highest BCUT2D eigenvalue weighted by Gasteiger charge is 2.59. The molecule has 2 N–H and O–H groups in total. The SMILES string of the molecule is Oc1ccc(C(c2ccc(O)cc2)(c2cc(C(F)(F)F)cc(C(F)(F)F)c2)C(F)(F)F)cc1. The van der Waals surface area contributed by atoms with E-state index >= 15 is 0 Å². The van der Waals surface area contributed by atoms with Crippen LogP contribution < -0.4 is 0 Å². The van der Waals surface area contributed by atoms with E-state index in [-0.39, 0.29) is 18.2 Å². The van der Waals surface area contributed by atoms with Gasteiger partial charge in [-0.2, -0.15) is 39.5 Å². The lowest BCUT2D eigenvalue weighted by Crippen LogP contribution is -2.45. The number of halogens is 9. The summed E-state index contributed by atoms with van der Waals surface area (Å²) in [6.45, 7) is 0. The Labute approximate surface area is 180 Å². The molecule has 33 heavy (non-hydrogen) atoms. The predicted octanol–water partition coefficient (Wildman–Crippen LogP) is 7.03. The molecule has 0 spiro atoms. The number of hydrogen-bond donors (Lipinski definition) is 2.